The molecule has 0 aliphatic heterocycles. The summed E-state index contributed by atoms with van der Waals surface area (Å²) in [7, 11) is 0. The number of phenols is 1. The number of hydrogen-bond acceptors (Lipinski definition) is 3. The first kappa shape index (κ1) is 13.8. The summed E-state index contributed by atoms with van der Waals surface area (Å²) in [4.78, 5) is 11.9. The third-order valence-electron chi connectivity index (χ3n) is 2.46. The van der Waals surface area contributed by atoms with E-state index in [-0.39, 0.29) is 23.3 Å². The summed E-state index contributed by atoms with van der Waals surface area (Å²) in [6, 6.07) is 4.28. The maximum absolute atomic E-state index is 11.9. The third-order valence-corrected chi connectivity index (χ3v) is 2.70. The van der Waals surface area contributed by atoms with Gasteiger partial charge in [-0.05, 0) is 24.6 Å². The Morgan fingerprint density at radius 2 is 2.29 bits per heavy atom. The highest BCUT2D eigenvalue weighted by Gasteiger charge is 2.15. The molecule has 1 aromatic rings. The van der Waals surface area contributed by atoms with Gasteiger partial charge in [0.2, 0.25) is 0 Å². The van der Waals surface area contributed by atoms with Gasteiger partial charge in [-0.2, -0.15) is 0 Å². The summed E-state index contributed by atoms with van der Waals surface area (Å²) in [5, 5.41) is 12.7. The molecule has 0 bridgehead atoms. The molecule has 1 unspecified atom stereocenters. The van der Waals surface area contributed by atoms with Gasteiger partial charge in [-0.1, -0.05) is 24.9 Å². The van der Waals surface area contributed by atoms with Gasteiger partial charge in [-0.25, -0.2) is 0 Å². The van der Waals surface area contributed by atoms with Gasteiger partial charge in [0.1, 0.15) is 5.75 Å². The average molecular weight is 257 g/mol. The second-order valence-corrected chi connectivity index (χ2v) is 4.29. The van der Waals surface area contributed by atoms with Crippen LogP contribution in [0.3, 0.4) is 0 Å². The number of nitrogens with two attached hydrogens (primary N) is 1. The van der Waals surface area contributed by atoms with Crippen LogP contribution in [0.2, 0.25) is 5.02 Å². The zero-order valence-electron chi connectivity index (χ0n) is 9.74. The lowest BCUT2D eigenvalue weighted by molar-refractivity contribution is 0.0933. The monoisotopic (exact) mass is 256 g/mol. The molecule has 1 atom stereocenters. The lowest BCUT2D eigenvalue weighted by Crippen LogP contribution is -2.40. The zero-order valence-corrected chi connectivity index (χ0v) is 10.5. The van der Waals surface area contributed by atoms with Crippen molar-refractivity contribution in [3.8, 4) is 5.75 Å². The van der Waals surface area contributed by atoms with Crippen molar-refractivity contribution in [2.45, 2.75) is 25.8 Å². The summed E-state index contributed by atoms with van der Waals surface area (Å²) in [5.41, 5.74) is 5.72. The number of hydrogen-bond donors (Lipinski definition) is 3. The maximum atomic E-state index is 11.9. The van der Waals surface area contributed by atoms with E-state index in [0.29, 0.717) is 11.6 Å². The predicted molar refractivity (Wildman–Crippen MR) is 68.3 cm³/mol. The lowest BCUT2D eigenvalue weighted by atomic mass is 10.1. The van der Waals surface area contributed by atoms with Crippen molar-refractivity contribution >= 4 is 17.5 Å². The topological polar surface area (TPSA) is 75.3 Å². The van der Waals surface area contributed by atoms with E-state index in [1.165, 1.54) is 18.2 Å². The summed E-state index contributed by atoms with van der Waals surface area (Å²) in [6.45, 7) is 2.40. The smallest absolute Gasteiger partial charge is 0.255 e. The third kappa shape index (κ3) is 3.91. The minimum absolute atomic E-state index is 0.0779. The Bertz CT molecular complexity index is 396. The van der Waals surface area contributed by atoms with E-state index in [1.807, 2.05) is 6.92 Å². The quantitative estimate of drug-likeness (QED) is 0.753. The molecule has 1 rings (SSSR count). The number of carbonyl (C=O) groups excluding carboxylic acids is 1. The summed E-state index contributed by atoms with van der Waals surface area (Å²) < 4.78 is 0. The van der Waals surface area contributed by atoms with Crippen LogP contribution in [-0.4, -0.2) is 23.6 Å². The molecule has 1 amide bonds. The van der Waals surface area contributed by atoms with E-state index >= 15 is 0 Å². The van der Waals surface area contributed by atoms with Crippen LogP contribution in [0.4, 0.5) is 0 Å². The van der Waals surface area contributed by atoms with E-state index < -0.39 is 0 Å². The van der Waals surface area contributed by atoms with Crippen LogP contribution < -0.4 is 11.1 Å². The Morgan fingerprint density at radius 3 is 2.88 bits per heavy atom. The first-order chi connectivity index (χ1) is 8.08. The van der Waals surface area contributed by atoms with E-state index in [4.69, 9.17) is 17.3 Å². The number of phenolic OH excluding ortho intramolecular Hbond substituents is 1. The molecule has 1 aromatic carbocycles. The number of amides is 1. The van der Waals surface area contributed by atoms with Crippen LogP contribution >= 0.6 is 11.6 Å². The Labute approximate surface area is 106 Å². The molecule has 5 heteroatoms. The zero-order chi connectivity index (χ0) is 12.8. The molecule has 94 valence electrons. The Balaban J connectivity index is 2.78. The van der Waals surface area contributed by atoms with Crippen molar-refractivity contribution < 1.29 is 9.90 Å². The van der Waals surface area contributed by atoms with Gasteiger partial charge >= 0.3 is 0 Å². The van der Waals surface area contributed by atoms with Gasteiger partial charge in [0.25, 0.3) is 5.91 Å². The van der Waals surface area contributed by atoms with Crippen LogP contribution in [0.5, 0.6) is 5.75 Å². The molecule has 0 heterocycles. The summed E-state index contributed by atoms with van der Waals surface area (Å²) in [6.07, 6.45) is 1.74. The van der Waals surface area contributed by atoms with Gasteiger partial charge in [-0.15, -0.1) is 0 Å². The SMILES string of the molecule is CCCC(CN)NC(=O)c1cc(Cl)ccc1O. The molecular weight excluding hydrogens is 240 g/mol. The number of aromatic hydroxyl groups is 1. The molecule has 4 nitrogen and oxygen atoms in total. The van der Waals surface area contributed by atoms with Crippen LogP contribution in [0, 0.1) is 0 Å². The van der Waals surface area contributed by atoms with E-state index in [0.717, 1.165) is 12.8 Å². The fourth-order valence-corrected chi connectivity index (χ4v) is 1.72. The van der Waals surface area contributed by atoms with Crippen molar-refractivity contribution in [3.63, 3.8) is 0 Å². The van der Waals surface area contributed by atoms with Crippen molar-refractivity contribution in [2.75, 3.05) is 6.54 Å². The van der Waals surface area contributed by atoms with Crippen LogP contribution in [0.1, 0.15) is 30.1 Å². The van der Waals surface area contributed by atoms with Crippen molar-refractivity contribution in [2.24, 2.45) is 5.73 Å². The lowest BCUT2D eigenvalue weighted by Gasteiger charge is -2.16. The molecule has 0 fully saturated rings. The van der Waals surface area contributed by atoms with Gasteiger partial charge in [0, 0.05) is 17.6 Å². The number of nitrogens with one attached hydrogen (secondary N) is 1. The van der Waals surface area contributed by atoms with E-state index in [9.17, 15) is 9.90 Å². The molecule has 0 aliphatic rings. The average Bonchev–Trinajstić information content (AvgIpc) is 2.31. The molecule has 0 radical (unpaired) electrons. The molecule has 4 N–H and O–H groups in total. The Hall–Kier alpha value is -1.26. The highest BCUT2D eigenvalue weighted by Crippen LogP contribution is 2.21. The van der Waals surface area contributed by atoms with E-state index in [2.05, 4.69) is 5.32 Å². The maximum Gasteiger partial charge on any atom is 0.255 e. The Morgan fingerprint density at radius 1 is 1.59 bits per heavy atom. The molecule has 0 saturated carbocycles. The van der Waals surface area contributed by atoms with Gasteiger partial charge in [0.15, 0.2) is 0 Å². The largest absolute Gasteiger partial charge is 0.507 e. The molecule has 17 heavy (non-hydrogen) atoms. The summed E-state index contributed by atoms with van der Waals surface area (Å²) in [5.74, 6) is -0.437. The molecule has 0 aromatic heterocycles. The van der Waals surface area contributed by atoms with E-state index in [1.54, 1.807) is 0 Å². The van der Waals surface area contributed by atoms with Crippen LogP contribution in [-0.2, 0) is 0 Å². The molecule has 0 saturated heterocycles. The van der Waals surface area contributed by atoms with Crippen LogP contribution in [0.15, 0.2) is 18.2 Å². The highest BCUT2D eigenvalue weighted by atomic mass is 35.5. The normalized spacial score (nSPS) is 12.2. The number of halogens is 1. The fraction of sp³-hybridized carbons (Fsp3) is 0.417. The molecule has 0 aliphatic carbocycles. The standard InChI is InChI=1S/C12H17ClN2O2/c1-2-3-9(7-14)15-12(17)10-6-8(13)4-5-11(10)16/h4-6,9,16H,2-3,7,14H2,1H3,(H,15,17). The predicted octanol–water partition coefficient (Wildman–Crippen LogP) is 1.90. The van der Waals surface area contributed by atoms with Gasteiger partial charge in [-0.3, -0.25) is 4.79 Å². The van der Waals surface area contributed by atoms with Crippen LogP contribution in [0.25, 0.3) is 0 Å². The molecule has 0 spiro atoms. The number of carbonyl (C=O) groups is 1. The highest BCUT2D eigenvalue weighted by molar-refractivity contribution is 6.31. The first-order valence-electron chi connectivity index (χ1n) is 5.58. The first-order valence-corrected chi connectivity index (χ1v) is 5.95. The Kier molecular flexibility index (Phi) is 5.25. The number of benzene rings is 1. The summed E-state index contributed by atoms with van der Waals surface area (Å²) >= 11 is 5.78. The van der Waals surface area contributed by atoms with Crippen molar-refractivity contribution in [1.29, 1.82) is 0 Å². The minimum Gasteiger partial charge on any atom is -0.507 e. The second kappa shape index (κ2) is 6.47. The van der Waals surface area contributed by atoms with Crippen molar-refractivity contribution in [1.82, 2.24) is 5.32 Å². The van der Waals surface area contributed by atoms with Gasteiger partial charge in [0.05, 0.1) is 5.56 Å². The van der Waals surface area contributed by atoms with Gasteiger partial charge < -0.3 is 16.2 Å². The van der Waals surface area contributed by atoms with Crippen molar-refractivity contribution in [3.05, 3.63) is 28.8 Å². The molecular formula is C12H17ClN2O2. The number of rotatable bonds is 5. The second-order valence-electron chi connectivity index (χ2n) is 3.86. The minimum atomic E-state index is -0.353. The fourth-order valence-electron chi connectivity index (χ4n) is 1.55.